The minimum atomic E-state index is -0.235. The van der Waals surface area contributed by atoms with Crippen LogP contribution >= 0.6 is 0 Å². The highest BCUT2D eigenvalue weighted by Gasteiger charge is 2.31. The molecule has 0 atom stereocenters. The number of anilines is 2. The third-order valence-corrected chi connectivity index (χ3v) is 6.87. The minimum Gasteiger partial charge on any atom is -0.381 e. The molecule has 0 bridgehead atoms. The molecular weight excluding hydrogens is 438 g/mol. The molecule has 2 aromatic rings. The Kier molecular flexibility index (Phi) is 6.57. The van der Waals surface area contributed by atoms with Crippen molar-refractivity contribution in [1.29, 1.82) is 0 Å². The number of likely N-dealkylation sites (tertiary alicyclic amines) is 1. The summed E-state index contributed by atoms with van der Waals surface area (Å²) in [4.78, 5) is 45.4. The van der Waals surface area contributed by atoms with Crippen LogP contribution < -0.4 is 10.2 Å². The van der Waals surface area contributed by atoms with Gasteiger partial charge in [0.1, 0.15) is 6.54 Å². The number of nitrogens with zero attached hydrogens (tertiary/aromatic N) is 4. The number of amides is 3. The van der Waals surface area contributed by atoms with Crippen LogP contribution in [-0.2, 0) is 19.1 Å². The molecule has 180 valence electrons. The molecule has 1 aromatic heterocycles. The van der Waals surface area contributed by atoms with E-state index in [1.54, 1.807) is 23.1 Å². The van der Waals surface area contributed by atoms with Gasteiger partial charge in [0.2, 0.25) is 23.6 Å². The number of benzene rings is 1. The van der Waals surface area contributed by atoms with E-state index >= 15 is 0 Å². The first-order valence-electron chi connectivity index (χ1n) is 12.0. The predicted molar refractivity (Wildman–Crippen MR) is 122 cm³/mol. The van der Waals surface area contributed by atoms with E-state index in [-0.39, 0.29) is 43.0 Å². The van der Waals surface area contributed by atoms with Crippen LogP contribution in [0, 0.1) is 0 Å². The fraction of sp³-hybridized carbons (Fsp3) is 0.542. The van der Waals surface area contributed by atoms with Crippen molar-refractivity contribution < 1.29 is 23.6 Å². The Morgan fingerprint density at radius 1 is 1.00 bits per heavy atom. The van der Waals surface area contributed by atoms with Crippen molar-refractivity contribution in [2.24, 2.45) is 0 Å². The van der Waals surface area contributed by atoms with Crippen molar-refractivity contribution in [2.75, 3.05) is 43.1 Å². The molecule has 10 nitrogen and oxygen atoms in total. The van der Waals surface area contributed by atoms with E-state index in [0.29, 0.717) is 36.3 Å². The summed E-state index contributed by atoms with van der Waals surface area (Å²) in [6.45, 7) is 2.63. The van der Waals surface area contributed by atoms with Crippen molar-refractivity contribution in [2.45, 2.75) is 50.4 Å². The van der Waals surface area contributed by atoms with Crippen molar-refractivity contribution >= 4 is 29.1 Å². The predicted octanol–water partition coefficient (Wildman–Crippen LogP) is 2.44. The first-order valence-corrected chi connectivity index (χ1v) is 12.0. The number of carbonyl (C=O) groups is 3. The largest absolute Gasteiger partial charge is 0.381 e. The number of carbonyl (C=O) groups excluding carboxylic acids is 3. The highest BCUT2D eigenvalue weighted by molar-refractivity contribution is 6.10. The topological polar surface area (TPSA) is 118 Å². The zero-order valence-corrected chi connectivity index (χ0v) is 19.1. The van der Waals surface area contributed by atoms with E-state index in [9.17, 15) is 14.4 Å². The van der Waals surface area contributed by atoms with Gasteiger partial charge in [0.15, 0.2) is 5.82 Å². The van der Waals surface area contributed by atoms with E-state index in [4.69, 9.17) is 9.26 Å². The zero-order chi connectivity index (χ0) is 23.5. The van der Waals surface area contributed by atoms with Gasteiger partial charge in [-0.3, -0.25) is 14.4 Å². The average molecular weight is 468 g/mol. The lowest BCUT2D eigenvalue weighted by atomic mass is 9.96. The average Bonchev–Trinajstić information content (AvgIpc) is 3.37. The van der Waals surface area contributed by atoms with Crippen LogP contribution in [0.2, 0.25) is 0 Å². The number of rotatable bonds is 5. The van der Waals surface area contributed by atoms with Crippen LogP contribution in [-0.4, -0.2) is 65.6 Å². The standard InChI is InChI=1S/C24H29N5O5/c30-20-15-29(19-4-2-1-3-18(19)25-20)22(32)6-5-21(31)28-11-7-17(8-12-28)24-26-23(27-34-24)16-9-13-33-14-10-16/h1-4,16-17H,5-15H2,(H,25,30). The van der Waals surface area contributed by atoms with Gasteiger partial charge < -0.3 is 24.4 Å². The lowest BCUT2D eigenvalue weighted by Gasteiger charge is -2.31. The van der Waals surface area contributed by atoms with Crippen LogP contribution in [0.5, 0.6) is 0 Å². The maximum Gasteiger partial charge on any atom is 0.244 e. The molecule has 1 aromatic carbocycles. The Hall–Kier alpha value is -3.27. The first-order chi connectivity index (χ1) is 16.6. The summed E-state index contributed by atoms with van der Waals surface area (Å²) in [5, 5.41) is 6.96. The monoisotopic (exact) mass is 467 g/mol. The van der Waals surface area contributed by atoms with E-state index in [2.05, 4.69) is 15.5 Å². The fourth-order valence-electron chi connectivity index (χ4n) is 4.87. The lowest BCUT2D eigenvalue weighted by molar-refractivity contribution is -0.134. The van der Waals surface area contributed by atoms with Crippen molar-refractivity contribution in [1.82, 2.24) is 15.0 Å². The van der Waals surface area contributed by atoms with Crippen LogP contribution in [0.3, 0.4) is 0 Å². The molecule has 0 saturated carbocycles. The Labute approximate surface area is 197 Å². The van der Waals surface area contributed by atoms with Gasteiger partial charge >= 0.3 is 0 Å². The number of piperidine rings is 1. The molecule has 1 N–H and O–H groups in total. The Bertz CT molecular complexity index is 1060. The molecule has 2 saturated heterocycles. The molecular formula is C24H29N5O5. The van der Waals surface area contributed by atoms with Gasteiger partial charge in [0.25, 0.3) is 0 Å². The number of fused-ring (bicyclic) bond motifs is 1. The number of hydrogen-bond acceptors (Lipinski definition) is 7. The highest BCUT2D eigenvalue weighted by atomic mass is 16.5. The second-order valence-corrected chi connectivity index (χ2v) is 9.08. The second-order valence-electron chi connectivity index (χ2n) is 9.08. The summed E-state index contributed by atoms with van der Waals surface area (Å²) in [5.74, 6) is 1.36. The fourth-order valence-corrected chi connectivity index (χ4v) is 4.87. The van der Waals surface area contributed by atoms with Gasteiger partial charge in [-0.2, -0.15) is 4.98 Å². The summed E-state index contributed by atoms with van der Waals surface area (Å²) in [7, 11) is 0. The van der Waals surface area contributed by atoms with Gasteiger partial charge in [-0.15, -0.1) is 0 Å². The van der Waals surface area contributed by atoms with Crippen molar-refractivity contribution in [3.63, 3.8) is 0 Å². The van der Waals surface area contributed by atoms with Crippen molar-refractivity contribution in [3.8, 4) is 0 Å². The third kappa shape index (κ3) is 4.82. The highest BCUT2D eigenvalue weighted by Crippen LogP contribution is 2.31. The number of hydrogen-bond donors (Lipinski definition) is 1. The van der Waals surface area contributed by atoms with Gasteiger partial charge in [-0.25, -0.2) is 0 Å². The van der Waals surface area contributed by atoms with E-state index in [0.717, 1.165) is 44.7 Å². The molecule has 0 aliphatic carbocycles. The molecule has 34 heavy (non-hydrogen) atoms. The van der Waals surface area contributed by atoms with E-state index in [1.807, 2.05) is 6.07 Å². The number of aromatic nitrogens is 2. The third-order valence-electron chi connectivity index (χ3n) is 6.87. The van der Waals surface area contributed by atoms with Crippen LogP contribution in [0.1, 0.15) is 62.1 Å². The molecule has 0 unspecified atom stereocenters. The van der Waals surface area contributed by atoms with Gasteiger partial charge in [0.05, 0.1) is 11.4 Å². The van der Waals surface area contributed by atoms with Gasteiger partial charge in [-0.05, 0) is 37.8 Å². The summed E-state index contributed by atoms with van der Waals surface area (Å²) in [6, 6.07) is 7.18. The first kappa shape index (κ1) is 22.5. The second kappa shape index (κ2) is 9.92. The van der Waals surface area contributed by atoms with Gasteiger partial charge in [0, 0.05) is 51.0 Å². The summed E-state index contributed by atoms with van der Waals surface area (Å²) in [6.07, 6.45) is 3.54. The smallest absolute Gasteiger partial charge is 0.244 e. The lowest BCUT2D eigenvalue weighted by Crippen LogP contribution is -2.43. The molecule has 3 aliphatic rings. The molecule has 0 radical (unpaired) electrons. The Morgan fingerprint density at radius 3 is 2.53 bits per heavy atom. The molecule has 0 spiro atoms. The van der Waals surface area contributed by atoms with Crippen LogP contribution in [0.4, 0.5) is 11.4 Å². The number of para-hydroxylation sites is 2. The van der Waals surface area contributed by atoms with Crippen molar-refractivity contribution in [3.05, 3.63) is 36.0 Å². The summed E-state index contributed by atoms with van der Waals surface area (Å²) in [5.41, 5.74) is 1.28. The SMILES string of the molecule is O=C1CN(C(=O)CCC(=O)N2CCC(c3nc(C4CCOCC4)no3)CC2)c2ccccc2N1. The summed E-state index contributed by atoms with van der Waals surface area (Å²) >= 11 is 0. The molecule has 3 aliphatic heterocycles. The maximum absolute atomic E-state index is 12.8. The minimum absolute atomic E-state index is 0.0323. The molecule has 3 amide bonds. The molecule has 10 heteroatoms. The zero-order valence-electron chi connectivity index (χ0n) is 19.1. The molecule has 4 heterocycles. The maximum atomic E-state index is 12.8. The van der Waals surface area contributed by atoms with Crippen LogP contribution in [0.15, 0.2) is 28.8 Å². The molecule has 2 fully saturated rings. The molecule has 5 rings (SSSR count). The van der Waals surface area contributed by atoms with Gasteiger partial charge in [-0.1, -0.05) is 17.3 Å². The quantitative estimate of drug-likeness (QED) is 0.718. The Balaban J connectivity index is 1.11. The van der Waals surface area contributed by atoms with E-state index in [1.165, 1.54) is 4.90 Å². The number of nitrogens with one attached hydrogen (secondary N) is 1. The van der Waals surface area contributed by atoms with E-state index < -0.39 is 0 Å². The van der Waals surface area contributed by atoms with Crippen LogP contribution in [0.25, 0.3) is 0 Å². The Morgan fingerprint density at radius 2 is 1.74 bits per heavy atom. The number of ether oxygens (including phenoxy) is 1. The normalized spacial score (nSPS) is 19.6. The summed E-state index contributed by atoms with van der Waals surface area (Å²) < 4.78 is 11.0.